The maximum atomic E-state index is 6.07. The van der Waals surface area contributed by atoms with Crippen LogP contribution in [-0.4, -0.2) is 37.0 Å². The number of aryl methyl sites for hydroxylation is 1. The molecule has 2 fully saturated rings. The third kappa shape index (κ3) is 3.28. The maximum Gasteiger partial charge on any atom is 0.0940 e. The first-order chi connectivity index (χ1) is 10.2. The van der Waals surface area contributed by atoms with Gasteiger partial charge in [-0.15, -0.1) is 0 Å². The van der Waals surface area contributed by atoms with E-state index >= 15 is 0 Å². The van der Waals surface area contributed by atoms with Crippen molar-refractivity contribution in [2.24, 2.45) is 5.92 Å². The molecular formula is C17H26N2O2. The smallest absolute Gasteiger partial charge is 0.0940 e. The molecule has 3 rings (SSSR count). The van der Waals surface area contributed by atoms with E-state index in [4.69, 9.17) is 14.5 Å². The van der Waals surface area contributed by atoms with Gasteiger partial charge in [0.15, 0.2) is 0 Å². The Morgan fingerprint density at radius 3 is 3.05 bits per heavy atom. The second kappa shape index (κ2) is 6.42. The molecule has 1 aromatic heterocycles. The van der Waals surface area contributed by atoms with Gasteiger partial charge in [-0.25, -0.2) is 0 Å². The number of hydrogen-bond acceptors (Lipinski definition) is 4. The number of nitrogens with one attached hydrogen (secondary N) is 1. The first kappa shape index (κ1) is 14.9. The SMILES string of the molecule is CCNC(c1cccc(C)n1)C1CCOC2(CCOC2)C1. The van der Waals surface area contributed by atoms with Crippen LogP contribution >= 0.6 is 0 Å². The van der Waals surface area contributed by atoms with Gasteiger partial charge in [0.25, 0.3) is 0 Å². The molecule has 2 saturated heterocycles. The highest BCUT2D eigenvalue weighted by atomic mass is 16.6. The lowest BCUT2D eigenvalue weighted by atomic mass is 9.80. The van der Waals surface area contributed by atoms with Gasteiger partial charge in [0.05, 0.1) is 23.9 Å². The van der Waals surface area contributed by atoms with Crippen molar-refractivity contribution in [3.8, 4) is 0 Å². The van der Waals surface area contributed by atoms with Gasteiger partial charge in [0.1, 0.15) is 0 Å². The van der Waals surface area contributed by atoms with Crippen molar-refractivity contribution in [1.82, 2.24) is 10.3 Å². The van der Waals surface area contributed by atoms with Crippen molar-refractivity contribution in [1.29, 1.82) is 0 Å². The lowest BCUT2D eigenvalue weighted by Gasteiger charge is -2.40. The van der Waals surface area contributed by atoms with E-state index in [1.54, 1.807) is 0 Å². The molecule has 3 heterocycles. The van der Waals surface area contributed by atoms with Gasteiger partial charge >= 0.3 is 0 Å². The van der Waals surface area contributed by atoms with Crippen LogP contribution < -0.4 is 5.32 Å². The zero-order valence-electron chi connectivity index (χ0n) is 13.1. The molecule has 21 heavy (non-hydrogen) atoms. The Kier molecular flexibility index (Phi) is 4.57. The summed E-state index contributed by atoms with van der Waals surface area (Å²) in [6.45, 7) is 7.60. The first-order valence-corrected chi connectivity index (χ1v) is 8.11. The van der Waals surface area contributed by atoms with Crippen molar-refractivity contribution in [2.75, 3.05) is 26.4 Å². The predicted octanol–water partition coefficient (Wildman–Crippen LogP) is 2.63. The Hall–Kier alpha value is -0.970. The highest BCUT2D eigenvalue weighted by molar-refractivity contribution is 5.15. The summed E-state index contributed by atoms with van der Waals surface area (Å²) in [4.78, 5) is 4.75. The quantitative estimate of drug-likeness (QED) is 0.926. The van der Waals surface area contributed by atoms with E-state index in [0.29, 0.717) is 12.0 Å². The second-order valence-corrected chi connectivity index (χ2v) is 6.33. The van der Waals surface area contributed by atoms with Crippen molar-refractivity contribution in [2.45, 2.75) is 44.8 Å². The monoisotopic (exact) mass is 290 g/mol. The molecule has 116 valence electrons. The molecule has 0 amide bonds. The Labute approximate surface area is 127 Å². The van der Waals surface area contributed by atoms with Gasteiger partial charge in [-0.3, -0.25) is 4.98 Å². The predicted molar refractivity (Wildman–Crippen MR) is 82.2 cm³/mol. The zero-order valence-corrected chi connectivity index (χ0v) is 13.1. The third-order valence-corrected chi connectivity index (χ3v) is 4.72. The standard InChI is InChI=1S/C17H26N2O2/c1-3-18-16(15-6-4-5-13(2)19-15)14-7-9-21-17(11-14)8-10-20-12-17/h4-6,14,16,18H,3,7-12H2,1-2H3. The molecule has 0 bridgehead atoms. The van der Waals surface area contributed by atoms with Crippen LogP contribution in [-0.2, 0) is 9.47 Å². The first-order valence-electron chi connectivity index (χ1n) is 8.11. The van der Waals surface area contributed by atoms with E-state index in [-0.39, 0.29) is 5.60 Å². The van der Waals surface area contributed by atoms with Crippen molar-refractivity contribution in [3.05, 3.63) is 29.6 Å². The summed E-state index contributed by atoms with van der Waals surface area (Å²) < 4.78 is 11.7. The minimum atomic E-state index is -0.0413. The zero-order chi connectivity index (χ0) is 14.7. The Balaban J connectivity index is 1.80. The number of pyridine rings is 1. The molecule has 4 nitrogen and oxygen atoms in total. The molecule has 3 atom stereocenters. The summed E-state index contributed by atoms with van der Waals surface area (Å²) in [6, 6.07) is 6.63. The molecule has 4 heteroatoms. The van der Waals surface area contributed by atoms with Gasteiger partial charge in [-0.2, -0.15) is 0 Å². The van der Waals surface area contributed by atoms with Crippen LogP contribution in [0.15, 0.2) is 18.2 Å². The number of rotatable bonds is 4. The molecule has 0 radical (unpaired) electrons. The van der Waals surface area contributed by atoms with Crippen molar-refractivity contribution in [3.63, 3.8) is 0 Å². The Morgan fingerprint density at radius 1 is 1.43 bits per heavy atom. The lowest BCUT2D eigenvalue weighted by Crippen LogP contribution is -2.44. The molecule has 1 spiro atoms. The van der Waals surface area contributed by atoms with E-state index in [1.807, 2.05) is 0 Å². The average molecular weight is 290 g/mol. The normalized spacial score (nSPS) is 30.7. The van der Waals surface area contributed by atoms with Crippen LogP contribution in [0.4, 0.5) is 0 Å². The number of ether oxygens (including phenoxy) is 2. The third-order valence-electron chi connectivity index (χ3n) is 4.72. The van der Waals surface area contributed by atoms with Crippen LogP contribution in [0.25, 0.3) is 0 Å². The lowest BCUT2D eigenvalue weighted by molar-refractivity contribution is -0.103. The minimum absolute atomic E-state index is 0.0413. The molecule has 0 aromatic carbocycles. The molecule has 0 aliphatic carbocycles. The van der Waals surface area contributed by atoms with Gasteiger partial charge in [0.2, 0.25) is 0 Å². The fourth-order valence-corrected chi connectivity index (χ4v) is 3.68. The summed E-state index contributed by atoms with van der Waals surface area (Å²) in [7, 11) is 0. The van der Waals surface area contributed by atoms with Crippen LogP contribution in [0.3, 0.4) is 0 Å². The Bertz CT molecular complexity index is 472. The average Bonchev–Trinajstić information content (AvgIpc) is 2.92. The summed E-state index contributed by atoms with van der Waals surface area (Å²) in [5, 5.41) is 3.64. The van der Waals surface area contributed by atoms with E-state index in [2.05, 4.69) is 37.4 Å². The van der Waals surface area contributed by atoms with E-state index < -0.39 is 0 Å². The summed E-state index contributed by atoms with van der Waals surface area (Å²) >= 11 is 0. The molecule has 3 unspecified atom stereocenters. The second-order valence-electron chi connectivity index (χ2n) is 6.33. The largest absolute Gasteiger partial charge is 0.378 e. The van der Waals surface area contributed by atoms with Gasteiger partial charge < -0.3 is 14.8 Å². The van der Waals surface area contributed by atoms with Gasteiger partial charge in [0, 0.05) is 25.3 Å². The number of aromatic nitrogens is 1. The van der Waals surface area contributed by atoms with Crippen molar-refractivity contribution < 1.29 is 9.47 Å². The van der Waals surface area contributed by atoms with Gasteiger partial charge in [-0.1, -0.05) is 13.0 Å². The maximum absolute atomic E-state index is 6.07. The van der Waals surface area contributed by atoms with E-state index in [9.17, 15) is 0 Å². The molecule has 2 aliphatic rings. The number of nitrogens with zero attached hydrogens (tertiary/aromatic N) is 1. The van der Waals surface area contributed by atoms with Crippen LogP contribution in [0.5, 0.6) is 0 Å². The summed E-state index contributed by atoms with van der Waals surface area (Å²) in [5.41, 5.74) is 2.21. The highest BCUT2D eigenvalue weighted by Gasteiger charge is 2.43. The minimum Gasteiger partial charge on any atom is -0.378 e. The van der Waals surface area contributed by atoms with E-state index in [0.717, 1.165) is 57.0 Å². The molecule has 2 aliphatic heterocycles. The Morgan fingerprint density at radius 2 is 2.33 bits per heavy atom. The molecule has 1 aromatic rings. The molecule has 1 N–H and O–H groups in total. The van der Waals surface area contributed by atoms with Crippen molar-refractivity contribution >= 4 is 0 Å². The van der Waals surface area contributed by atoms with Crippen LogP contribution in [0.1, 0.15) is 43.6 Å². The number of hydrogen-bond donors (Lipinski definition) is 1. The highest BCUT2D eigenvalue weighted by Crippen LogP contribution is 2.40. The molecule has 0 saturated carbocycles. The fourth-order valence-electron chi connectivity index (χ4n) is 3.68. The van der Waals surface area contributed by atoms with E-state index in [1.165, 1.54) is 0 Å². The summed E-state index contributed by atoms with van der Waals surface area (Å²) in [5.74, 6) is 0.565. The fraction of sp³-hybridized carbons (Fsp3) is 0.706. The topological polar surface area (TPSA) is 43.4 Å². The molecular weight excluding hydrogens is 264 g/mol. The van der Waals surface area contributed by atoms with Gasteiger partial charge in [-0.05, 0) is 44.4 Å². The van der Waals surface area contributed by atoms with Crippen LogP contribution in [0.2, 0.25) is 0 Å². The van der Waals surface area contributed by atoms with Crippen LogP contribution in [0, 0.1) is 12.8 Å². The summed E-state index contributed by atoms with van der Waals surface area (Å²) in [6.07, 6.45) is 3.19.